The number of fused-ring (bicyclic) bond motifs is 1. The summed E-state index contributed by atoms with van der Waals surface area (Å²) >= 11 is 7.17. The van der Waals surface area contributed by atoms with Crippen molar-refractivity contribution in [1.82, 2.24) is 4.98 Å². The van der Waals surface area contributed by atoms with Crippen LogP contribution in [0.15, 0.2) is 18.2 Å². The third-order valence-corrected chi connectivity index (χ3v) is 4.80. The number of ketones is 1. The SMILES string of the molecule is CC1(C)CC(=O)c2sc(-c3cc(Cl)ccc3F)nc2C1. The molecular weight excluding hydrogens is 297 g/mol. The smallest absolute Gasteiger partial charge is 0.175 e. The molecule has 0 fully saturated rings. The maximum atomic E-state index is 13.9. The van der Waals surface area contributed by atoms with Gasteiger partial charge in [-0.15, -0.1) is 11.3 Å². The molecule has 2 nitrogen and oxygen atoms in total. The monoisotopic (exact) mass is 309 g/mol. The highest BCUT2D eigenvalue weighted by Gasteiger charge is 2.34. The molecule has 1 aliphatic carbocycles. The van der Waals surface area contributed by atoms with E-state index < -0.39 is 0 Å². The molecule has 0 bridgehead atoms. The summed E-state index contributed by atoms with van der Waals surface area (Å²) in [6.07, 6.45) is 1.26. The summed E-state index contributed by atoms with van der Waals surface area (Å²) in [6, 6.07) is 4.38. The van der Waals surface area contributed by atoms with Crippen molar-refractivity contribution in [3.8, 4) is 10.6 Å². The normalized spacial score (nSPS) is 17.1. The number of hydrogen-bond donors (Lipinski definition) is 0. The number of benzene rings is 1. The van der Waals surface area contributed by atoms with E-state index in [0.29, 0.717) is 26.9 Å². The fourth-order valence-corrected chi connectivity index (χ4v) is 3.71. The third-order valence-electron chi connectivity index (χ3n) is 3.39. The lowest BCUT2D eigenvalue weighted by Crippen LogP contribution is -2.25. The number of Topliss-reactive ketones (excluding diaryl/α,β-unsaturated/α-hetero) is 1. The van der Waals surface area contributed by atoms with Crippen molar-refractivity contribution < 1.29 is 9.18 Å². The van der Waals surface area contributed by atoms with Crippen molar-refractivity contribution >= 4 is 28.7 Å². The summed E-state index contributed by atoms with van der Waals surface area (Å²) in [6.45, 7) is 4.10. The van der Waals surface area contributed by atoms with Gasteiger partial charge < -0.3 is 0 Å². The fraction of sp³-hybridized carbons (Fsp3) is 0.333. The van der Waals surface area contributed by atoms with E-state index in [2.05, 4.69) is 4.98 Å². The lowest BCUT2D eigenvalue weighted by Gasteiger charge is -2.26. The van der Waals surface area contributed by atoms with Crippen molar-refractivity contribution in [2.45, 2.75) is 26.7 Å². The van der Waals surface area contributed by atoms with E-state index in [1.165, 1.54) is 23.5 Å². The van der Waals surface area contributed by atoms with Crippen molar-refractivity contribution in [3.05, 3.63) is 39.6 Å². The van der Waals surface area contributed by atoms with Crippen molar-refractivity contribution in [2.75, 3.05) is 0 Å². The summed E-state index contributed by atoms with van der Waals surface area (Å²) in [4.78, 5) is 17.3. The molecule has 2 aromatic rings. The number of rotatable bonds is 1. The number of carbonyl (C=O) groups is 1. The Morgan fingerprint density at radius 3 is 2.85 bits per heavy atom. The van der Waals surface area contributed by atoms with Gasteiger partial charge in [0.2, 0.25) is 0 Å². The van der Waals surface area contributed by atoms with Crippen LogP contribution in [0.2, 0.25) is 5.02 Å². The van der Waals surface area contributed by atoms with Gasteiger partial charge in [0.1, 0.15) is 10.8 Å². The van der Waals surface area contributed by atoms with E-state index in [1.54, 1.807) is 6.07 Å². The zero-order valence-corrected chi connectivity index (χ0v) is 12.7. The van der Waals surface area contributed by atoms with E-state index in [0.717, 1.165) is 12.1 Å². The van der Waals surface area contributed by atoms with Gasteiger partial charge in [0.25, 0.3) is 0 Å². The number of halogens is 2. The molecule has 0 amide bonds. The molecule has 3 rings (SSSR count). The van der Waals surface area contributed by atoms with Crippen LogP contribution in [0, 0.1) is 11.2 Å². The molecule has 0 unspecified atom stereocenters. The second-order valence-corrected chi connectivity index (χ2v) is 7.30. The van der Waals surface area contributed by atoms with Crippen molar-refractivity contribution in [3.63, 3.8) is 0 Å². The van der Waals surface area contributed by atoms with Crippen LogP contribution in [0.5, 0.6) is 0 Å². The average Bonchev–Trinajstić information content (AvgIpc) is 2.74. The highest BCUT2D eigenvalue weighted by Crippen LogP contribution is 2.40. The largest absolute Gasteiger partial charge is 0.293 e. The van der Waals surface area contributed by atoms with Crippen LogP contribution in [0.25, 0.3) is 10.6 Å². The maximum Gasteiger partial charge on any atom is 0.175 e. The summed E-state index contributed by atoms with van der Waals surface area (Å²) < 4.78 is 13.9. The molecule has 1 aromatic carbocycles. The zero-order chi connectivity index (χ0) is 14.5. The summed E-state index contributed by atoms with van der Waals surface area (Å²) in [7, 11) is 0. The number of aromatic nitrogens is 1. The topological polar surface area (TPSA) is 30.0 Å². The fourth-order valence-electron chi connectivity index (χ4n) is 2.50. The molecule has 1 aromatic heterocycles. The quantitative estimate of drug-likeness (QED) is 0.760. The van der Waals surface area contributed by atoms with Gasteiger partial charge in [-0.05, 0) is 30.0 Å². The summed E-state index contributed by atoms with van der Waals surface area (Å²) in [5.74, 6) is -0.269. The molecule has 0 saturated heterocycles. The minimum Gasteiger partial charge on any atom is -0.293 e. The number of thiazole rings is 1. The Hall–Kier alpha value is -1.26. The molecule has 0 atom stereocenters. The van der Waals surface area contributed by atoms with Gasteiger partial charge in [0, 0.05) is 17.0 Å². The minimum atomic E-state index is -0.368. The second-order valence-electron chi connectivity index (χ2n) is 5.86. The van der Waals surface area contributed by atoms with E-state index in [4.69, 9.17) is 11.6 Å². The van der Waals surface area contributed by atoms with Crippen LogP contribution < -0.4 is 0 Å². The van der Waals surface area contributed by atoms with Crippen LogP contribution in [0.3, 0.4) is 0 Å². The predicted octanol–water partition coefficient (Wildman–Crippen LogP) is 4.76. The molecule has 1 aliphatic rings. The summed E-state index contributed by atoms with van der Waals surface area (Å²) in [5, 5.41) is 0.988. The first kappa shape index (κ1) is 13.7. The Labute approximate surface area is 125 Å². The minimum absolute atomic E-state index is 0.0810. The maximum absolute atomic E-state index is 13.9. The highest BCUT2D eigenvalue weighted by atomic mass is 35.5. The Morgan fingerprint density at radius 1 is 1.35 bits per heavy atom. The van der Waals surface area contributed by atoms with E-state index in [1.807, 2.05) is 13.8 Å². The lowest BCUT2D eigenvalue weighted by molar-refractivity contribution is 0.0916. The molecule has 1 heterocycles. The molecule has 0 spiro atoms. The van der Waals surface area contributed by atoms with Crippen molar-refractivity contribution in [2.24, 2.45) is 5.41 Å². The van der Waals surface area contributed by atoms with Gasteiger partial charge in [-0.1, -0.05) is 25.4 Å². The zero-order valence-electron chi connectivity index (χ0n) is 11.2. The number of hydrogen-bond acceptors (Lipinski definition) is 3. The average molecular weight is 310 g/mol. The van der Waals surface area contributed by atoms with Gasteiger partial charge >= 0.3 is 0 Å². The lowest BCUT2D eigenvalue weighted by atomic mass is 9.78. The van der Waals surface area contributed by atoms with E-state index in [9.17, 15) is 9.18 Å². The first-order chi connectivity index (χ1) is 9.35. The van der Waals surface area contributed by atoms with Gasteiger partial charge in [-0.25, -0.2) is 9.37 Å². The molecule has 0 radical (unpaired) electrons. The standard InChI is InChI=1S/C15H13ClFNOS/c1-15(2)6-11-13(12(19)7-15)20-14(18-11)9-5-8(16)3-4-10(9)17/h3-5H,6-7H2,1-2H3. The molecular formula is C15H13ClFNOS. The van der Waals surface area contributed by atoms with Gasteiger partial charge in [0.05, 0.1) is 10.6 Å². The second kappa shape index (κ2) is 4.64. The number of nitrogens with zero attached hydrogens (tertiary/aromatic N) is 1. The Kier molecular flexibility index (Phi) is 3.18. The van der Waals surface area contributed by atoms with E-state index >= 15 is 0 Å². The molecule has 104 valence electrons. The van der Waals surface area contributed by atoms with Gasteiger partial charge in [0.15, 0.2) is 5.78 Å². The van der Waals surface area contributed by atoms with Crippen LogP contribution >= 0.6 is 22.9 Å². The van der Waals surface area contributed by atoms with Crippen LogP contribution in [-0.4, -0.2) is 10.8 Å². The molecule has 0 N–H and O–H groups in total. The first-order valence-corrected chi connectivity index (χ1v) is 7.53. The predicted molar refractivity (Wildman–Crippen MR) is 79.0 cm³/mol. The number of carbonyl (C=O) groups excluding carboxylic acids is 1. The van der Waals surface area contributed by atoms with Crippen molar-refractivity contribution in [1.29, 1.82) is 0 Å². The Balaban J connectivity index is 2.10. The van der Waals surface area contributed by atoms with Crippen LogP contribution in [0.4, 0.5) is 4.39 Å². The van der Waals surface area contributed by atoms with Crippen LogP contribution in [-0.2, 0) is 6.42 Å². The van der Waals surface area contributed by atoms with E-state index in [-0.39, 0.29) is 17.0 Å². The molecule has 5 heteroatoms. The van der Waals surface area contributed by atoms with Gasteiger partial charge in [-0.3, -0.25) is 4.79 Å². The molecule has 0 saturated carbocycles. The Bertz CT molecular complexity index is 708. The third kappa shape index (κ3) is 2.38. The van der Waals surface area contributed by atoms with Crippen LogP contribution in [0.1, 0.15) is 35.6 Å². The molecule has 20 heavy (non-hydrogen) atoms. The molecule has 0 aliphatic heterocycles. The highest BCUT2D eigenvalue weighted by molar-refractivity contribution is 7.17. The summed E-state index contributed by atoms with van der Waals surface area (Å²) in [5.41, 5.74) is 1.07. The Morgan fingerprint density at radius 2 is 2.10 bits per heavy atom. The first-order valence-electron chi connectivity index (χ1n) is 6.34. The van der Waals surface area contributed by atoms with Gasteiger partial charge in [-0.2, -0.15) is 0 Å².